The molecule has 0 atom stereocenters. The number of nitrogen functional groups attached to an aromatic ring is 1. The molecule has 0 saturated carbocycles. The zero-order chi connectivity index (χ0) is 7.56. The Kier molecular flexibility index (Phi) is 4.71. The molecule has 0 bridgehead atoms. The predicted molar refractivity (Wildman–Crippen MR) is 54.2 cm³/mol. The molecular weight excluding hydrogens is 281 g/mol. The summed E-state index contributed by atoms with van der Waals surface area (Å²) in [4.78, 5) is 0. The first-order chi connectivity index (χ1) is 4.74. The Labute approximate surface area is 83.9 Å². The Balaban J connectivity index is 0.000001000. The van der Waals surface area contributed by atoms with Gasteiger partial charge in [0.05, 0.1) is 3.57 Å². The Morgan fingerprint density at radius 3 is 2.55 bits per heavy atom. The molecule has 62 valence electrons. The van der Waals surface area contributed by atoms with Crippen LogP contribution in [-0.4, -0.2) is 0 Å². The lowest BCUT2D eigenvalue weighted by atomic mass is 10.3. The first-order valence-electron chi connectivity index (χ1n) is 2.65. The minimum absolute atomic E-state index is 0. The molecule has 0 fully saturated rings. The maximum Gasteiger partial charge on any atom is 0.136 e. The summed E-state index contributed by atoms with van der Waals surface area (Å²) in [7, 11) is 0. The average Bonchev–Trinajstić information content (AvgIpc) is 1.95. The van der Waals surface area contributed by atoms with Gasteiger partial charge in [-0.2, -0.15) is 0 Å². The summed E-state index contributed by atoms with van der Waals surface area (Å²) in [5, 5.41) is 0. The van der Waals surface area contributed by atoms with Crippen molar-refractivity contribution in [1.82, 2.24) is 0 Å². The molecule has 0 aliphatic rings. The number of halogens is 3. The van der Waals surface area contributed by atoms with Crippen LogP contribution in [0.2, 0.25) is 0 Å². The summed E-state index contributed by atoms with van der Waals surface area (Å²) in [5.41, 5.74) is 3.14. The van der Waals surface area contributed by atoms with E-state index >= 15 is 0 Å². The van der Waals surface area contributed by atoms with Gasteiger partial charge < -0.3 is 5.43 Å². The summed E-state index contributed by atoms with van der Waals surface area (Å²) in [6, 6.07) is 4.59. The summed E-state index contributed by atoms with van der Waals surface area (Å²) in [6.07, 6.45) is 0. The number of nitrogens with two attached hydrogens (primary N) is 1. The van der Waals surface area contributed by atoms with Gasteiger partial charge in [0.15, 0.2) is 0 Å². The van der Waals surface area contributed by atoms with Gasteiger partial charge in [0.25, 0.3) is 0 Å². The topological polar surface area (TPSA) is 38.0 Å². The third-order valence-electron chi connectivity index (χ3n) is 1.09. The Morgan fingerprint density at radius 2 is 2.09 bits per heavy atom. The van der Waals surface area contributed by atoms with E-state index in [-0.39, 0.29) is 18.2 Å². The third-order valence-corrected chi connectivity index (χ3v) is 1.91. The highest BCUT2D eigenvalue weighted by Crippen LogP contribution is 2.14. The molecule has 0 aliphatic carbocycles. The second-order valence-electron chi connectivity index (χ2n) is 1.77. The second kappa shape index (κ2) is 4.74. The fourth-order valence-electron chi connectivity index (χ4n) is 0.586. The maximum atomic E-state index is 12.6. The quantitative estimate of drug-likeness (QED) is 0.472. The maximum absolute atomic E-state index is 12.6. The molecule has 0 radical (unpaired) electrons. The summed E-state index contributed by atoms with van der Waals surface area (Å²) in [6.45, 7) is 0. The van der Waals surface area contributed by atoms with Crippen molar-refractivity contribution in [3.05, 3.63) is 27.6 Å². The van der Waals surface area contributed by atoms with Gasteiger partial charge >= 0.3 is 0 Å². The fourth-order valence-corrected chi connectivity index (χ4v) is 1.10. The molecule has 1 aromatic carbocycles. The lowest BCUT2D eigenvalue weighted by Crippen LogP contribution is -2.06. The van der Waals surface area contributed by atoms with Crippen LogP contribution in [0.15, 0.2) is 18.2 Å². The second-order valence-corrected chi connectivity index (χ2v) is 2.94. The van der Waals surface area contributed by atoms with Crippen LogP contribution in [0, 0.1) is 9.39 Å². The van der Waals surface area contributed by atoms with Crippen LogP contribution < -0.4 is 11.3 Å². The van der Waals surface area contributed by atoms with Crippen LogP contribution in [0.1, 0.15) is 0 Å². The van der Waals surface area contributed by atoms with E-state index in [1.165, 1.54) is 6.07 Å². The van der Waals surface area contributed by atoms with Gasteiger partial charge in [0.2, 0.25) is 0 Å². The minimum atomic E-state index is -0.223. The third kappa shape index (κ3) is 2.80. The molecule has 0 heterocycles. The van der Waals surface area contributed by atoms with Gasteiger partial charge in [-0.15, -0.1) is 12.4 Å². The summed E-state index contributed by atoms with van der Waals surface area (Å²) < 4.78 is 13.1. The average molecular weight is 288 g/mol. The standard InChI is InChI=1S/C6H6FIN2.ClH/c7-5-2-1-4(10-9)3-6(5)8;/h1-3,10H,9H2;1H. The first-order valence-corrected chi connectivity index (χ1v) is 3.73. The van der Waals surface area contributed by atoms with Gasteiger partial charge in [-0.3, -0.25) is 5.84 Å². The molecule has 5 heteroatoms. The highest BCUT2D eigenvalue weighted by molar-refractivity contribution is 14.1. The molecule has 1 aromatic rings. The SMILES string of the molecule is Cl.NNc1ccc(F)c(I)c1. The highest BCUT2D eigenvalue weighted by atomic mass is 127. The van der Waals surface area contributed by atoms with E-state index in [4.69, 9.17) is 5.84 Å². The number of anilines is 1. The van der Waals surface area contributed by atoms with Crippen molar-refractivity contribution < 1.29 is 4.39 Å². The molecule has 2 nitrogen and oxygen atoms in total. The molecular formula is C6H7ClFIN2. The van der Waals surface area contributed by atoms with Crippen molar-refractivity contribution in [3.8, 4) is 0 Å². The Hall–Kier alpha value is -0.0700. The molecule has 11 heavy (non-hydrogen) atoms. The number of hydrogen-bond acceptors (Lipinski definition) is 2. The lowest BCUT2D eigenvalue weighted by Gasteiger charge is -1.99. The molecule has 1 rings (SSSR count). The summed E-state index contributed by atoms with van der Waals surface area (Å²) >= 11 is 1.90. The van der Waals surface area contributed by atoms with Crippen molar-refractivity contribution in [3.63, 3.8) is 0 Å². The van der Waals surface area contributed by atoms with Gasteiger partial charge in [0, 0.05) is 5.69 Å². The molecule has 0 amide bonds. The van der Waals surface area contributed by atoms with Crippen LogP contribution in [0.25, 0.3) is 0 Å². The fraction of sp³-hybridized carbons (Fsp3) is 0. The van der Waals surface area contributed by atoms with Crippen LogP contribution in [0.3, 0.4) is 0 Å². The zero-order valence-electron chi connectivity index (χ0n) is 5.47. The summed E-state index contributed by atoms with van der Waals surface area (Å²) in [5.74, 6) is 4.87. The van der Waals surface area contributed by atoms with Crippen LogP contribution in [0.5, 0.6) is 0 Å². The van der Waals surface area contributed by atoms with Crippen molar-refractivity contribution in [1.29, 1.82) is 0 Å². The van der Waals surface area contributed by atoms with E-state index < -0.39 is 0 Å². The normalized spacial score (nSPS) is 8.64. The van der Waals surface area contributed by atoms with E-state index in [0.717, 1.165) is 0 Å². The van der Waals surface area contributed by atoms with Gasteiger partial charge in [-0.25, -0.2) is 4.39 Å². The largest absolute Gasteiger partial charge is 0.324 e. The Morgan fingerprint density at radius 1 is 1.45 bits per heavy atom. The van der Waals surface area contributed by atoms with Crippen LogP contribution >= 0.6 is 35.0 Å². The molecule has 0 aliphatic heterocycles. The molecule has 0 saturated heterocycles. The van der Waals surface area contributed by atoms with Crippen LogP contribution in [0.4, 0.5) is 10.1 Å². The molecule has 0 aromatic heterocycles. The van der Waals surface area contributed by atoms with E-state index in [9.17, 15) is 4.39 Å². The van der Waals surface area contributed by atoms with Gasteiger partial charge in [-0.05, 0) is 40.8 Å². The first kappa shape index (κ1) is 10.9. The highest BCUT2D eigenvalue weighted by Gasteiger charge is 1.97. The van der Waals surface area contributed by atoms with E-state index in [1.807, 2.05) is 22.6 Å². The smallest absolute Gasteiger partial charge is 0.136 e. The zero-order valence-corrected chi connectivity index (χ0v) is 8.45. The number of hydrogen-bond donors (Lipinski definition) is 2. The number of benzene rings is 1. The van der Waals surface area contributed by atoms with Gasteiger partial charge in [0.1, 0.15) is 5.82 Å². The van der Waals surface area contributed by atoms with E-state index in [1.54, 1.807) is 12.1 Å². The number of nitrogens with one attached hydrogen (secondary N) is 1. The van der Waals surface area contributed by atoms with Crippen molar-refractivity contribution >= 4 is 40.7 Å². The molecule has 0 spiro atoms. The van der Waals surface area contributed by atoms with Crippen molar-refractivity contribution in [2.45, 2.75) is 0 Å². The van der Waals surface area contributed by atoms with Crippen molar-refractivity contribution in [2.24, 2.45) is 5.84 Å². The Bertz CT molecular complexity index is 244. The van der Waals surface area contributed by atoms with E-state index in [0.29, 0.717) is 9.26 Å². The molecule has 0 unspecified atom stereocenters. The minimum Gasteiger partial charge on any atom is -0.324 e. The lowest BCUT2D eigenvalue weighted by molar-refractivity contribution is 0.620. The van der Waals surface area contributed by atoms with Crippen LogP contribution in [-0.2, 0) is 0 Å². The molecule has 3 N–H and O–H groups in total. The van der Waals surface area contributed by atoms with Crippen molar-refractivity contribution in [2.75, 3.05) is 5.43 Å². The number of rotatable bonds is 1. The number of hydrazine groups is 1. The predicted octanol–water partition coefficient (Wildman–Crippen LogP) is 2.14. The monoisotopic (exact) mass is 288 g/mol. The van der Waals surface area contributed by atoms with Gasteiger partial charge in [-0.1, -0.05) is 0 Å². The van der Waals surface area contributed by atoms with E-state index in [2.05, 4.69) is 5.43 Å².